The van der Waals surface area contributed by atoms with Crippen molar-refractivity contribution in [2.24, 2.45) is 0 Å². The van der Waals surface area contributed by atoms with Crippen LogP contribution in [0.15, 0.2) is 34.9 Å². The normalized spacial score (nSPS) is 21.6. The van der Waals surface area contributed by atoms with Gasteiger partial charge in [0.25, 0.3) is 0 Å². The average molecular weight is 216 g/mol. The average Bonchev–Trinajstić information content (AvgIpc) is 2.76. The molecule has 1 unspecified atom stereocenters. The molecule has 0 spiro atoms. The van der Waals surface area contributed by atoms with Gasteiger partial charge in [0.2, 0.25) is 0 Å². The van der Waals surface area contributed by atoms with Gasteiger partial charge in [-0.05, 0) is 19.1 Å². The van der Waals surface area contributed by atoms with Crippen molar-refractivity contribution in [3.05, 3.63) is 30.5 Å². The van der Waals surface area contributed by atoms with E-state index in [1.54, 1.807) is 6.26 Å². The van der Waals surface area contributed by atoms with E-state index in [1.807, 2.05) is 6.07 Å². The lowest BCUT2D eigenvalue weighted by Crippen LogP contribution is -2.49. The fraction of sp³-hybridized carbons (Fsp3) is 0.385. The van der Waals surface area contributed by atoms with Gasteiger partial charge in [0.05, 0.1) is 12.0 Å². The number of para-hydroxylation sites is 1. The van der Waals surface area contributed by atoms with Crippen LogP contribution in [0.1, 0.15) is 6.92 Å². The molecule has 1 aliphatic heterocycles. The highest BCUT2D eigenvalue weighted by Crippen LogP contribution is 2.28. The molecule has 1 aliphatic rings. The molecule has 0 bridgehead atoms. The van der Waals surface area contributed by atoms with Crippen LogP contribution in [0.4, 0.5) is 5.69 Å². The van der Waals surface area contributed by atoms with Gasteiger partial charge < -0.3 is 14.6 Å². The Bertz CT molecular complexity index is 491. The minimum atomic E-state index is 0.541. The van der Waals surface area contributed by atoms with Crippen LogP contribution >= 0.6 is 0 Å². The summed E-state index contributed by atoms with van der Waals surface area (Å²) in [6.07, 6.45) is 1.76. The second-order valence-electron chi connectivity index (χ2n) is 4.42. The zero-order valence-electron chi connectivity index (χ0n) is 9.44. The number of nitrogens with zero attached hydrogens (tertiary/aromatic N) is 1. The highest BCUT2D eigenvalue weighted by Gasteiger charge is 2.18. The van der Waals surface area contributed by atoms with Crippen LogP contribution < -0.4 is 10.2 Å². The molecule has 0 aliphatic carbocycles. The number of anilines is 1. The van der Waals surface area contributed by atoms with Gasteiger partial charge in [-0.1, -0.05) is 12.1 Å². The van der Waals surface area contributed by atoms with Crippen molar-refractivity contribution in [2.45, 2.75) is 13.0 Å². The Hall–Kier alpha value is -1.48. The van der Waals surface area contributed by atoms with Crippen LogP contribution in [-0.4, -0.2) is 25.7 Å². The number of furan rings is 1. The van der Waals surface area contributed by atoms with Crippen LogP contribution in [0.5, 0.6) is 0 Å². The topological polar surface area (TPSA) is 28.4 Å². The molecule has 1 aromatic heterocycles. The monoisotopic (exact) mass is 216 g/mol. The quantitative estimate of drug-likeness (QED) is 0.792. The lowest BCUT2D eigenvalue weighted by atomic mass is 10.1. The van der Waals surface area contributed by atoms with Crippen molar-refractivity contribution >= 4 is 16.7 Å². The zero-order chi connectivity index (χ0) is 11.0. The zero-order valence-corrected chi connectivity index (χ0v) is 9.44. The second kappa shape index (κ2) is 3.83. The first kappa shape index (κ1) is 9.73. The van der Waals surface area contributed by atoms with Crippen LogP contribution in [-0.2, 0) is 0 Å². The molecule has 1 saturated heterocycles. The first-order chi connectivity index (χ1) is 7.84. The lowest BCUT2D eigenvalue weighted by Gasteiger charge is -2.33. The van der Waals surface area contributed by atoms with Crippen molar-refractivity contribution in [3.8, 4) is 0 Å². The third kappa shape index (κ3) is 1.57. The van der Waals surface area contributed by atoms with E-state index in [1.165, 1.54) is 11.1 Å². The fourth-order valence-corrected chi connectivity index (χ4v) is 2.38. The molecule has 0 amide bonds. The SMILES string of the molecule is CC1CN(c2cccc3ccoc23)CCN1. The Morgan fingerprint density at radius 1 is 1.38 bits per heavy atom. The van der Waals surface area contributed by atoms with Crippen molar-refractivity contribution in [3.63, 3.8) is 0 Å². The summed E-state index contributed by atoms with van der Waals surface area (Å²) in [4.78, 5) is 2.40. The molecular formula is C13H16N2O. The standard InChI is InChI=1S/C13H16N2O/c1-10-9-15(7-6-14-10)12-4-2-3-11-5-8-16-13(11)12/h2-5,8,10,14H,6-7,9H2,1H3. The van der Waals surface area contributed by atoms with Crippen molar-refractivity contribution < 1.29 is 4.42 Å². The molecule has 1 fully saturated rings. The third-order valence-electron chi connectivity index (χ3n) is 3.17. The minimum absolute atomic E-state index is 0.541. The molecule has 84 valence electrons. The van der Waals surface area contributed by atoms with E-state index in [9.17, 15) is 0 Å². The van der Waals surface area contributed by atoms with Crippen LogP contribution in [0, 0.1) is 0 Å². The molecule has 3 heteroatoms. The summed E-state index contributed by atoms with van der Waals surface area (Å²) in [7, 11) is 0. The summed E-state index contributed by atoms with van der Waals surface area (Å²) in [5.41, 5.74) is 2.23. The van der Waals surface area contributed by atoms with Crippen molar-refractivity contribution in [2.75, 3.05) is 24.5 Å². The minimum Gasteiger partial charge on any atom is -0.462 e. The molecule has 1 atom stereocenters. The first-order valence-electron chi connectivity index (χ1n) is 5.79. The molecule has 2 aromatic rings. The Morgan fingerprint density at radius 3 is 3.19 bits per heavy atom. The van der Waals surface area contributed by atoms with E-state index in [4.69, 9.17) is 4.42 Å². The lowest BCUT2D eigenvalue weighted by molar-refractivity contribution is 0.483. The van der Waals surface area contributed by atoms with Gasteiger partial charge in [0.15, 0.2) is 5.58 Å². The van der Waals surface area contributed by atoms with E-state index in [0.29, 0.717) is 6.04 Å². The molecule has 1 aromatic carbocycles. The number of nitrogens with one attached hydrogen (secondary N) is 1. The number of piperazine rings is 1. The number of benzene rings is 1. The molecule has 16 heavy (non-hydrogen) atoms. The van der Waals surface area contributed by atoms with Gasteiger partial charge in [0, 0.05) is 31.1 Å². The second-order valence-corrected chi connectivity index (χ2v) is 4.42. The summed E-state index contributed by atoms with van der Waals surface area (Å²) in [5, 5.41) is 4.64. The molecule has 2 heterocycles. The van der Waals surface area contributed by atoms with E-state index < -0.39 is 0 Å². The summed E-state index contributed by atoms with van der Waals surface area (Å²) in [6, 6.07) is 8.89. The van der Waals surface area contributed by atoms with Gasteiger partial charge >= 0.3 is 0 Å². The maximum absolute atomic E-state index is 5.58. The molecule has 0 saturated carbocycles. The van der Waals surface area contributed by atoms with E-state index in [2.05, 4.69) is 35.3 Å². The Labute approximate surface area is 95.0 Å². The van der Waals surface area contributed by atoms with Crippen LogP contribution in [0.2, 0.25) is 0 Å². The number of hydrogen-bond donors (Lipinski definition) is 1. The maximum atomic E-state index is 5.58. The molecule has 0 radical (unpaired) electrons. The fourth-order valence-electron chi connectivity index (χ4n) is 2.38. The summed E-state index contributed by atoms with van der Waals surface area (Å²) in [6.45, 7) is 5.34. The predicted octanol–water partition coefficient (Wildman–Crippen LogP) is 2.23. The maximum Gasteiger partial charge on any atom is 0.157 e. The summed E-state index contributed by atoms with van der Waals surface area (Å²) >= 11 is 0. The van der Waals surface area contributed by atoms with Crippen LogP contribution in [0.3, 0.4) is 0 Å². The number of rotatable bonds is 1. The molecule has 1 N–H and O–H groups in total. The van der Waals surface area contributed by atoms with Crippen molar-refractivity contribution in [1.29, 1.82) is 0 Å². The van der Waals surface area contributed by atoms with Crippen LogP contribution in [0.25, 0.3) is 11.0 Å². The number of hydrogen-bond acceptors (Lipinski definition) is 3. The summed E-state index contributed by atoms with van der Waals surface area (Å²) in [5.74, 6) is 0. The van der Waals surface area contributed by atoms with E-state index >= 15 is 0 Å². The van der Waals surface area contributed by atoms with Gasteiger partial charge in [-0.15, -0.1) is 0 Å². The predicted molar refractivity (Wildman–Crippen MR) is 65.9 cm³/mol. The Kier molecular flexibility index (Phi) is 2.33. The highest BCUT2D eigenvalue weighted by atomic mass is 16.3. The molecule has 3 nitrogen and oxygen atoms in total. The summed E-state index contributed by atoms with van der Waals surface area (Å²) < 4.78 is 5.58. The molecule has 3 rings (SSSR count). The van der Waals surface area contributed by atoms with E-state index in [0.717, 1.165) is 25.2 Å². The van der Waals surface area contributed by atoms with Gasteiger partial charge in [0.1, 0.15) is 0 Å². The van der Waals surface area contributed by atoms with Gasteiger partial charge in [-0.3, -0.25) is 0 Å². The van der Waals surface area contributed by atoms with E-state index in [-0.39, 0.29) is 0 Å². The van der Waals surface area contributed by atoms with Crippen molar-refractivity contribution in [1.82, 2.24) is 5.32 Å². The third-order valence-corrected chi connectivity index (χ3v) is 3.17. The van der Waals surface area contributed by atoms with Gasteiger partial charge in [-0.25, -0.2) is 0 Å². The Balaban J connectivity index is 2.01. The smallest absolute Gasteiger partial charge is 0.157 e. The largest absolute Gasteiger partial charge is 0.462 e. The first-order valence-corrected chi connectivity index (χ1v) is 5.79. The number of fused-ring (bicyclic) bond motifs is 1. The Morgan fingerprint density at radius 2 is 2.31 bits per heavy atom. The highest BCUT2D eigenvalue weighted by molar-refractivity contribution is 5.89. The van der Waals surface area contributed by atoms with Gasteiger partial charge in [-0.2, -0.15) is 0 Å². The molecular weight excluding hydrogens is 200 g/mol.